The number of nitrogens with zero attached hydrogens (tertiary/aromatic N) is 3. The molecule has 1 aromatic heterocycles. The lowest BCUT2D eigenvalue weighted by Crippen LogP contribution is -2.20. The maximum Gasteiger partial charge on any atom is 0.230 e. The molecule has 0 saturated carbocycles. The smallest absolute Gasteiger partial charge is 0.230 e. The summed E-state index contributed by atoms with van der Waals surface area (Å²) < 4.78 is 13.5. The number of halogens is 1. The molecule has 5 nitrogen and oxygen atoms in total. The minimum absolute atomic E-state index is 0.0256. The van der Waals surface area contributed by atoms with E-state index < -0.39 is 0 Å². The second-order valence-corrected chi connectivity index (χ2v) is 5.29. The highest BCUT2D eigenvalue weighted by atomic mass is 19.1. The van der Waals surface area contributed by atoms with Gasteiger partial charge in [-0.2, -0.15) is 0 Å². The largest absolute Gasteiger partial charge is 0.355 e. The molecule has 1 aliphatic heterocycles. The van der Waals surface area contributed by atoms with Crippen molar-refractivity contribution in [3.63, 3.8) is 0 Å². The Bertz CT molecular complexity index is 653. The topological polar surface area (TPSA) is 58.1 Å². The second-order valence-electron chi connectivity index (χ2n) is 5.29. The highest BCUT2D eigenvalue weighted by molar-refractivity contribution is 5.91. The van der Waals surface area contributed by atoms with Crippen molar-refractivity contribution in [1.29, 1.82) is 0 Å². The summed E-state index contributed by atoms with van der Waals surface area (Å²) >= 11 is 0. The van der Waals surface area contributed by atoms with Crippen LogP contribution >= 0.6 is 0 Å². The number of anilines is 2. The molecule has 2 aromatic rings. The number of rotatable bonds is 4. The standard InChI is InChI=1S/C16H17FN4O/c17-13-6-2-1-5-12(13)11-16(22)18-14-7-8-15(20-19-14)21-9-3-4-10-21/h1-2,5-8H,3-4,9-11H2,(H,18,19,22). The number of carbonyl (C=O) groups is 1. The summed E-state index contributed by atoms with van der Waals surface area (Å²) in [7, 11) is 0. The van der Waals surface area contributed by atoms with Gasteiger partial charge in [0.25, 0.3) is 0 Å². The van der Waals surface area contributed by atoms with Gasteiger partial charge in [0.15, 0.2) is 11.6 Å². The van der Waals surface area contributed by atoms with Gasteiger partial charge in [-0.25, -0.2) is 4.39 Å². The summed E-state index contributed by atoms with van der Waals surface area (Å²) in [5.41, 5.74) is 0.363. The summed E-state index contributed by atoms with van der Waals surface area (Å²) in [5.74, 6) is 0.510. The van der Waals surface area contributed by atoms with Gasteiger partial charge in [0.1, 0.15) is 5.82 Å². The van der Waals surface area contributed by atoms with Crippen molar-refractivity contribution in [3.8, 4) is 0 Å². The molecule has 1 amide bonds. The quantitative estimate of drug-likeness (QED) is 0.942. The fourth-order valence-electron chi connectivity index (χ4n) is 2.51. The second kappa shape index (κ2) is 6.51. The molecule has 1 fully saturated rings. The van der Waals surface area contributed by atoms with E-state index in [1.165, 1.54) is 18.9 Å². The number of carbonyl (C=O) groups excluding carboxylic acids is 1. The third-order valence-electron chi connectivity index (χ3n) is 3.66. The van der Waals surface area contributed by atoms with Crippen molar-refractivity contribution >= 4 is 17.5 Å². The third-order valence-corrected chi connectivity index (χ3v) is 3.66. The van der Waals surface area contributed by atoms with Crippen molar-refractivity contribution in [3.05, 3.63) is 47.8 Å². The summed E-state index contributed by atoms with van der Waals surface area (Å²) in [5, 5.41) is 10.8. The summed E-state index contributed by atoms with van der Waals surface area (Å²) in [6, 6.07) is 9.80. The van der Waals surface area contributed by atoms with Gasteiger partial charge >= 0.3 is 0 Å². The molecule has 0 bridgehead atoms. The molecule has 0 spiro atoms. The van der Waals surface area contributed by atoms with Crippen LogP contribution in [0, 0.1) is 5.82 Å². The first-order chi connectivity index (χ1) is 10.7. The molecule has 3 rings (SSSR count). The molecular formula is C16H17FN4O. The van der Waals surface area contributed by atoms with E-state index in [0.29, 0.717) is 11.4 Å². The van der Waals surface area contributed by atoms with E-state index in [-0.39, 0.29) is 18.1 Å². The van der Waals surface area contributed by atoms with Gasteiger partial charge < -0.3 is 10.2 Å². The molecule has 1 aliphatic rings. The van der Waals surface area contributed by atoms with Gasteiger partial charge in [-0.05, 0) is 36.6 Å². The van der Waals surface area contributed by atoms with Crippen LogP contribution in [0.15, 0.2) is 36.4 Å². The van der Waals surface area contributed by atoms with Crippen LogP contribution < -0.4 is 10.2 Å². The third kappa shape index (κ3) is 3.39. The number of amides is 1. The predicted molar refractivity (Wildman–Crippen MR) is 82.2 cm³/mol. The lowest BCUT2D eigenvalue weighted by atomic mass is 10.1. The summed E-state index contributed by atoms with van der Waals surface area (Å²) in [4.78, 5) is 14.1. The van der Waals surface area contributed by atoms with Gasteiger partial charge in [0.05, 0.1) is 6.42 Å². The van der Waals surface area contributed by atoms with E-state index >= 15 is 0 Å². The van der Waals surface area contributed by atoms with Crippen LogP contribution in [0.5, 0.6) is 0 Å². The van der Waals surface area contributed by atoms with Gasteiger partial charge in [-0.1, -0.05) is 18.2 Å². The first-order valence-electron chi connectivity index (χ1n) is 7.34. The van der Waals surface area contributed by atoms with Crippen LogP contribution in [0.2, 0.25) is 0 Å². The zero-order valence-corrected chi connectivity index (χ0v) is 12.1. The summed E-state index contributed by atoms with van der Waals surface area (Å²) in [6.45, 7) is 1.99. The maximum atomic E-state index is 13.5. The number of benzene rings is 1. The van der Waals surface area contributed by atoms with Crippen LogP contribution in [-0.4, -0.2) is 29.2 Å². The first-order valence-corrected chi connectivity index (χ1v) is 7.34. The van der Waals surface area contributed by atoms with Crippen LogP contribution in [0.3, 0.4) is 0 Å². The van der Waals surface area contributed by atoms with E-state index in [9.17, 15) is 9.18 Å². The molecular weight excluding hydrogens is 283 g/mol. The van der Waals surface area contributed by atoms with Crippen molar-refractivity contribution in [1.82, 2.24) is 10.2 Å². The number of nitrogens with one attached hydrogen (secondary N) is 1. The van der Waals surface area contributed by atoms with E-state index in [0.717, 1.165) is 18.9 Å². The molecule has 22 heavy (non-hydrogen) atoms. The van der Waals surface area contributed by atoms with Crippen LogP contribution in [0.25, 0.3) is 0 Å². The highest BCUT2D eigenvalue weighted by Crippen LogP contribution is 2.17. The average Bonchev–Trinajstić information content (AvgIpc) is 3.05. The average molecular weight is 300 g/mol. The molecule has 2 heterocycles. The highest BCUT2D eigenvalue weighted by Gasteiger charge is 2.14. The Labute approximate surface area is 128 Å². The van der Waals surface area contributed by atoms with E-state index in [4.69, 9.17) is 0 Å². The van der Waals surface area contributed by atoms with Crippen LogP contribution in [-0.2, 0) is 11.2 Å². The molecule has 0 atom stereocenters. The molecule has 1 N–H and O–H groups in total. The van der Waals surface area contributed by atoms with Gasteiger partial charge in [0.2, 0.25) is 5.91 Å². The summed E-state index contributed by atoms with van der Waals surface area (Å²) in [6.07, 6.45) is 2.31. The predicted octanol–water partition coefficient (Wildman–Crippen LogP) is 2.40. The van der Waals surface area contributed by atoms with Crippen LogP contribution in [0.4, 0.5) is 16.0 Å². The van der Waals surface area contributed by atoms with E-state index in [1.54, 1.807) is 24.3 Å². The lowest BCUT2D eigenvalue weighted by molar-refractivity contribution is -0.115. The maximum absolute atomic E-state index is 13.5. The lowest BCUT2D eigenvalue weighted by Gasteiger charge is -2.15. The number of hydrogen-bond acceptors (Lipinski definition) is 4. The first kappa shape index (κ1) is 14.4. The monoisotopic (exact) mass is 300 g/mol. The fourth-order valence-corrected chi connectivity index (χ4v) is 2.51. The van der Waals surface area contributed by atoms with E-state index in [1.807, 2.05) is 6.07 Å². The zero-order valence-electron chi connectivity index (χ0n) is 12.1. The van der Waals surface area contributed by atoms with Crippen molar-refractivity contribution < 1.29 is 9.18 Å². The van der Waals surface area contributed by atoms with Crippen molar-refractivity contribution in [2.24, 2.45) is 0 Å². The number of aromatic nitrogens is 2. The SMILES string of the molecule is O=C(Cc1ccccc1F)Nc1ccc(N2CCCC2)nn1. The normalized spacial score (nSPS) is 14.1. The molecule has 0 aliphatic carbocycles. The Hall–Kier alpha value is -2.50. The Morgan fingerprint density at radius 3 is 2.59 bits per heavy atom. The van der Waals surface area contributed by atoms with Crippen LogP contribution in [0.1, 0.15) is 18.4 Å². The van der Waals surface area contributed by atoms with E-state index in [2.05, 4.69) is 20.4 Å². The minimum Gasteiger partial charge on any atom is -0.355 e. The Balaban J connectivity index is 1.60. The molecule has 1 aromatic carbocycles. The van der Waals surface area contributed by atoms with Gasteiger partial charge in [0, 0.05) is 13.1 Å². The minimum atomic E-state index is -0.381. The Morgan fingerprint density at radius 1 is 1.14 bits per heavy atom. The Morgan fingerprint density at radius 2 is 1.91 bits per heavy atom. The van der Waals surface area contributed by atoms with Crippen molar-refractivity contribution in [2.75, 3.05) is 23.3 Å². The molecule has 114 valence electrons. The van der Waals surface area contributed by atoms with Gasteiger partial charge in [-0.3, -0.25) is 4.79 Å². The zero-order chi connectivity index (χ0) is 15.4. The molecule has 0 radical (unpaired) electrons. The molecule has 1 saturated heterocycles. The van der Waals surface area contributed by atoms with Gasteiger partial charge in [-0.15, -0.1) is 10.2 Å². The Kier molecular flexibility index (Phi) is 4.27. The number of hydrogen-bond donors (Lipinski definition) is 1. The van der Waals surface area contributed by atoms with Crippen molar-refractivity contribution in [2.45, 2.75) is 19.3 Å². The molecule has 6 heteroatoms. The molecule has 0 unspecified atom stereocenters. The fraction of sp³-hybridized carbons (Fsp3) is 0.312.